The van der Waals surface area contributed by atoms with Gasteiger partial charge in [-0.05, 0) is 38.2 Å². The summed E-state index contributed by atoms with van der Waals surface area (Å²) in [6.45, 7) is 6.06. The molecular weight excluding hydrogens is 340 g/mol. The second-order valence-electron chi connectivity index (χ2n) is 7.49. The molecule has 2 N–H and O–H groups in total. The zero-order valence-corrected chi connectivity index (χ0v) is 16.6. The minimum atomic E-state index is -3.25. The van der Waals surface area contributed by atoms with Crippen LogP contribution in [0.5, 0.6) is 0 Å². The molecule has 142 valence electrons. The summed E-state index contributed by atoms with van der Waals surface area (Å²) in [5.41, 5.74) is 0.675. The second-order valence-corrected chi connectivity index (χ2v) is 9.23. The third-order valence-electron chi connectivity index (χ3n) is 4.23. The highest BCUT2D eigenvalue weighted by atomic mass is 32.2. The number of nitrogens with one attached hydrogen (secondary N) is 2. The third-order valence-corrected chi connectivity index (χ3v) is 5.15. The summed E-state index contributed by atoms with van der Waals surface area (Å²) in [5.74, 6) is 1.39. The Balaban J connectivity index is 1.87. The maximum absolute atomic E-state index is 11.4. The predicted octanol–water partition coefficient (Wildman–Crippen LogP) is 0.188. The van der Waals surface area contributed by atoms with E-state index in [-0.39, 0.29) is 0 Å². The second kappa shape index (κ2) is 7.74. The van der Waals surface area contributed by atoms with Crippen LogP contribution in [-0.2, 0) is 23.5 Å². The first-order valence-corrected chi connectivity index (χ1v) is 10.4. The van der Waals surface area contributed by atoms with Crippen molar-refractivity contribution in [2.75, 3.05) is 32.9 Å². The molecule has 0 radical (unpaired) electrons. The molecule has 8 nitrogen and oxygen atoms in total. The Morgan fingerprint density at radius 2 is 2.20 bits per heavy atom. The Kier molecular flexibility index (Phi) is 6.10. The Morgan fingerprint density at radius 1 is 1.48 bits per heavy atom. The van der Waals surface area contributed by atoms with Crippen LogP contribution in [0.25, 0.3) is 0 Å². The largest absolute Gasteiger partial charge is 0.354 e. The fourth-order valence-corrected chi connectivity index (χ4v) is 4.35. The summed E-state index contributed by atoms with van der Waals surface area (Å²) in [7, 11) is 0.443. The van der Waals surface area contributed by atoms with Crippen molar-refractivity contribution >= 4 is 16.0 Å². The average molecular weight is 371 g/mol. The molecule has 1 fully saturated rings. The van der Waals surface area contributed by atoms with Gasteiger partial charge in [-0.3, -0.25) is 9.67 Å². The van der Waals surface area contributed by atoms with Crippen LogP contribution in [0.4, 0.5) is 0 Å². The molecule has 1 aliphatic rings. The highest BCUT2D eigenvalue weighted by molar-refractivity contribution is 7.88. The molecule has 1 unspecified atom stereocenters. The van der Waals surface area contributed by atoms with E-state index < -0.39 is 15.6 Å². The van der Waals surface area contributed by atoms with Crippen molar-refractivity contribution in [2.45, 2.75) is 32.2 Å². The van der Waals surface area contributed by atoms with Gasteiger partial charge in [0.25, 0.3) is 0 Å². The van der Waals surface area contributed by atoms with Gasteiger partial charge in [0.2, 0.25) is 10.0 Å². The van der Waals surface area contributed by atoms with Crippen LogP contribution in [0, 0.1) is 5.92 Å². The van der Waals surface area contributed by atoms with Crippen LogP contribution in [-0.4, -0.2) is 67.5 Å². The first-order valence-electron chi connectivity index (χ1n) is 8.50. The van der Waals surface area contributed by atoms with Crippen molar-refractivity contribution in [1.29, 1.82) is 0 Å². The molecule has 0 spiro atoms. The van der Waals surface area contributed by atoms with Gasteiger partial charge in [0.05, 0.1) is 12.5 Å². The molecule has 1 aromatic rings. The molecular formula is C16H30N6O2S. The van der Waals surface area contributed by atoms with Crippen molar-refractivity contribution in [2.24, 2.45) is 18.0 Å². The summed E-state index contributed by atoms with van der Waals surface area (Å²) >= 11 is 0. The normalized spacial score (nSPS) is 19.5. The van der Waals surface area contributed by atoms with Gasteiger partial charge in [-0.25, -0.2) is 13.1 Å². The summed E-state index contributed by atoms with van der Waals surface area (Å²) in [6.07, 6.45) is 7.29. The van der Waals surface area contributed by atoms with E-state index in [9.17, 15) is 8.42 Å². The number of likely N-dealkylation sites (tertiary alicyclic amines) is 1. The molecule has 0 aliphatic carbocycles. The molecule has 25 heavy (non-hydrogen) atoms. The monoisotopic (exact) mass is 370 g/mol. The van der Waals surface area contributed by atoms with E-state index in [0.717, 1.165) is 31.9 Å². The van der Waals surface area contributed by atoms with Crippen LogP contribution < -0.4 is 10.0 Å². The highest BCUT2D eigenvalue weighted by Crippen LogP contribution is 2.20. The van der Waals surface area contributed by atoms with Gasteiger partial charge in [-0.2, -0.15) is 5.10 Å². The summed E-state index contributed by atoms with van der Waals surface area (Å²) in [4.78, 5) is 6.59. The number of nitrogens with zero attached hydrogens (tertiary/aromatic N) is 4. The number of sulfonamides is 1. The van der Waals surface area contributed by atoms with Gasteiger partial charge in [0.1, 0.15) is 0 Å². The van der Waals surface area contributed by atoms with Crippen molar-refractivity contribution in [3.05, 3.63) is 18.0 Å². The molecule has 1 saturated heterocycles. The lowest BCUT2D eigenvalue weighted by molar-refractivity contribution is 0.419. The first kappa shape index (κ1) is 19.7. The SMILES string of the molecule is CN=C(NCC(C)(C)NS(C)(=O)=O)N1CCC(Cc2cnn(C)c2)C1. The van der Waals surface area contributed by atoms with Crippen LogP contribution in [0.15, 0.2) is 17.4 Å². The fourth-order valence-electron chi connectivity index (χ4n) is 3.27. The van der Waals surface area contributed by atoms with Crippen molar-refractivity contribution in [1.82, 2.24) is 24.7 Å². The van der Waals surface area contributed by atoms with Crippen LogP contribution >= 0.6 is 0 Å². The van der Waals surface area contributed by atoms with Gasteiger partial charge in [-0.1, -0.05) is 0 Å². The van der Waals surface area contributed by atoms with Crippen LogP contribution in [0.3, 0.4) is 0 Å². The molecule has 0 bridgehead atoms. The van der Waals surface area contributed by atoms with Gasteiger partial charge in [0, 0.05) is 45.5 Å². The number of hydrogen-bond donors (Lipinski definition) is 2. The number of guanidine groups is 1. The Hall–Kier alpha value is -1.61. The number of aliphatic imine (C=N–C) groups is 1. The Morgan fingerprint density at radius 3 is 2.76 bits per heavy atom. The third kappa shape index (κ3) is 6.32. The number of rotatable bonds is 6. The summed E-state index contributed by atoms with van der Waals surface area (Å²) < 4.78 is 27.4. The Labute approximate surface area is 150 Å². The van der Waals surface area contributed by atoms with E-state index in [1.807, 2.05) is 31.8 Å². The molecule has 9 heteroatoms. The maximum Gasteiger partial charge on any atom is 0.209 e. The van der Waals surface area contributed by atoms with Crippen molar-refractivity contribution in [3.63, 3.8) is 0 Å². The summed E-state index contributed by atoms with van der Waals surface area (Å²) in [6, 6.07) is 0. The zero-order chi connectivity index (χ0) is 18.7. The number of aryl methyl sites for hydroxylation is 1. The standard InChI is InChI=1S/C16H30N6O2S/c1-16(2,20-25(5,23)24)12-18-15(17-3)22-7-6-13(11-22)8-14-9-19-21(4)10-14/h9-10,13,20H,6-8,11-12H2,1-5H3,(H,17,18). The highest BCUT2D eigenvalue weighted by Gasteiger charge is 2.27. The van der Waals surface area contributed by atoms with E-state index in [4.69, 9.17) is 0 Å². The van der Waals surface area contributed by atoms with Crippen molar-refractivity contribution in [3.8, 4) is 0 Å². The minimum absolute atomic E-state index is 0.469. The van der Waals surface area contributed by atoms with Gasteiger partial charge in [-0.15, -0.1) is 0 Å². The molecule has 2 heterocycles. The van der Waals surface area contributed by atoms with E-state index in [2.05, 4.69) is 31.2 Å². The molecule has 0 aromatic carbocycles. The van der Waals surface area contributed by atoms with Crippen LogP contribution in [0.1, 0.15) is 25.8 Å². The van der Waals surface area contributed by atoms with Crippen LogP contribution in [0.2, 0.25) is 0 Å². The molecule has 0 saturated carbocycles. The number of hydrogen-bond acceptors (Lipinski definition) is 4. The average Bonchev–Trinajstić information content (AvgIpc) is 3.07. The lowest BCUT2D eigenvalue weighted by Gasteiger charge is -2.29. The maximum atomic E-state index is 11.4. The van der Waals surface area contributed by atoms with Crippen molar-refractivity contribution < 1.29 is 8.42 Å². The first-order chi connectivity index (χ1) is 11.6. The molecule has 1 aromatic heterocycles. The molecule has 2 rings (SSSR count). The number of aromatic nitrogens is 2. The van der Waals surface area contributed by atoms with E-state index in [1.54, 1.807) is 7.05 Å². The zero-order valence-electron chi connectivity index (χ0n) is 15.8. The smallest absolute Gasteiger partial charge is 0.209 e. The van der Waals surface area contributed by atoms with Gasteiger partial charge in [0.15, 0.2) is 5.96 Å². The van der Waals surface area contributed by atoms with E-state index in [0.29, 0.717) is 12.5 Å². The lowest BCUT2D eigenvalue weighted by atomic mass is 10.0. The quantitative estimate of drug-likeness (QED) is 0.551. The molecule has 1 atom stereocenters. The fraction of sp³-hybridized carbons (Fsp3) is 0.750. The van der Waals surface area contributed by atoms with E-state index in [1.165, 1.54) is 11.8 Å². The summed E-state index contributed by atoms with van der Waals surface area (Å²) in [5, 5.41) is 7.52. The van der Waals surface area contributed by atoms with Gasteiger partial charge < -0.3 is 10.2 Å². The predicted molar refractivity (Wildman–Crippen MR) is 100 cm³/mol. The molecule has 1 aliphatic heterocycles. The van der Waals surface area contributed by atoms with E-state index >= 15 is 0 Å². The Bertz CT molecular complexity index is 710. The minimum Gasteiger partial charge on any atom is -0.354 e. The lowest BCUT2D eigenvalue weighted by Crippen LogP contribution is -2.53. The molecule has 0 amide bonds. The van der Waals surface area contributed by atoms with Gasteiger partial charge >= 0.3 is 0 Å². The topological polar surface area (TPSA) is 91.6 Å².